The molecular weight excluding hydrogens is 326 g/mol. The molecule has 2 saturated heterocycles. The Hall–Kier alpha value is -1.61. The molecule has 0 aromatic carbocycles. The molecule has 0 bridgehead atoms. The van der Waals surface area contributed by atoms with E-state index in [2.05, 4.69) is 4.74 Å². The van der Waals surface area contributed by atoms with Crippen LogP contribution in [0, 0.1) is 0 Å². The lowest BCUT2D eigenvalue weighted by atomic mass is 9.95. The maximum absolute atomic E-state index is 12.5. The highest BCUT2D eigenvalue weighted by molar-refractivity contribution is 7.94. The van der Waals surface area contributed by atoms with Crippen molar-refractivity contribution in [1.82, 2.24) is 4.90 Å². The molecule has 2 rings (SSSR count). The van der Waals surface area contributed by atoms with Crippen molar-refractivity contribution in [1.29, 1.82) is 0 Å². The van der Waals surface area contributed by atoms with Crippen LogP contribution in [-0.4, -0.2) is 65.4 Å². The number of hydrogen-bond donors (Lipinski definition) is 1. The third kappa shape index (κ3) is 1.80. The molecule has 0 aromatic heterocycles. The Balaban J connectivity index is 2.59. The van der Waals surface area contributed by atoms with Crippen LogP contribution in [0.25, 0.3) is 0 Å². The number of methoxy groups -OCH3 is 1. The quantitative estimate of drug-likeness (QED) is 0.308. The van der Waals surface area contributed by atoms with Gasteiger partial charge in [0, 0.05) is 12.0 Å². The normalized spacial score (nSPS) is 35.3. The third-order valence-electron chi connectivity index (χ3n) is 3.77. The summed E-state index contributed by atoms with van der Waals surface area (Å²) in [6.45, 7) is 1.18. The lowest BCUT2D eigenvalue weighted by molar-refractivity contribution is -0.152. The number of ether oxygens (including phenoxy) is 1. The van der Waals surface area contributed by atoms with Gasteiger partial charge in [0.2, 0.25) is 0 Å². The van der Waals surface area contributed by atoms with Crippen LogP contribution in [0.1, 0.15) is 6.92 Å². The number of hydrogen-bond acceptors (Lipinski definition) is 6. The molecule has 1 N–H and O–H groups in total. The zero-order valence-corrected chi connectivity index (χ0v) is 12.6. The van der Waals surface area contributed by atoms with Gasteiger partial charge in [0.15, 0.2) is 21.3 Å². The molecule has 0 saturated carbocycles. The number of amides is 1. The van der Waals surface area contributed by atoms with E-state index in [0.29, 0.717) is 0 Å². The summed E-state index contributed by atoms with van der Waals surface area (Å²) < 4.78 is 27.6. The Morgan fingerprint density at radius 3 is 2.52 bits per heavy atom. The van der Waals surface area contributed by atoms with Crippen LogP contribution in [0.4, 0.5) is 0 Å². The van der Waals surface area contributed by atoms with Crippen molar-refractivity contribution in [3.05, 3.63) is 11.6 Å². The number of alkyl halides is 1. The second-order valence-electron chi connectivity index (χ2n) is 4.92. The number of aliphatic carboxylic acids is 1. The van der Waals surface area contributed by atoms with Gasteiger partial charge in [-0.15, -0.1) is 11.6 Å². The van der Waals surface area contributed by atoms with Crippen molar-refractivity contribution in [2.75, 3.05) is 13.0 Å². The Morgan fingerprint density at radius 2 is 2.10 bits per heavy atom. The number of carboxylic acid groups (broad SMARTS) is 1. The summed E-state index contributed by atoms with van der Waals surface area (Å²) in [6, 6.07) is -1.59. The average molecular weight is 338 g/mol. The first kappa shape index (κ1) is 15.8. The van der Waals surface area contributed by atoms with Gasteiger partial charge in [0.05, 0.1) is 12.7 Å². The van der Waals surface area contributed by atoms with Crippen LogP contribution in [0.2, 0.25) is 0 Å². The van der Waals surface area contributed by atoms with Crippen LogP contribution in [0.5, 0.6) is 0 Å². The van der Waals surface area contributed by atoms with Crippen LogP contribution < -0.4 is 0 Å². The molecule has 0 radical (unpaired) electrons. The molecule has 21 heavy (non-hydrogen) atoms. The van der Waals surface area contributed by atoms with Crippen LogP contribution >= 0.6 is 11.6 Å². The maximum atomic E-state index is 12.5. The molecule has 2 aliphatic rings. The number of rotatable bonds is 3. The number of esters is 1. The summed E-state index contributed by atoms with van der Waals surface area (Å²) in [5.74, 6) is -3.66. The number of carboxylic acids is 1. The number of carbonyl (C=O) groups is 3. The molecule has 0 aliphatic carbocycles. The fraction of sp³-hybridized carbons (Fsp3) is 0.545. The summed E-state index contributed by atoms with van der Waals surface area (Å²) in [6.07, 6.45) is 0.764. The molecule has 2 heterocycles. The van der Waals surface area contributed by atoms with Gasteiger partial charge in [0.25, 0.3) is 5.91 Å². The molecule has 0 spiro atoms. The van der Waals surface area contributed by atoms with E-state index in [0.717, 1.165) is 18.1 Å². The highest BCUT2D eigenvalue weighted by Crippen LogP contribution is 2.48. The van der Waals surface area contributed by atoms with Gasteiger partial charge in [-0.1, -0.05) is 0 Å². The van der Waals surface area contributed by atoms with E-state index in [9.17, 15) is 27.9 Å². The molecule has 1 unspecified atom stereocenters. The highest BCUT2D eigenvalue weighted by atomic mass is 35.5. The predicted octanol–water partition coefficient (Wildman–Crippen LogP) is -0.867. The molecular formula is C11H12ClNO7S. The van der Waals surface area contributed by atoms with Crippen molar-refractivity contribution >= 4 is 39.3 Å². The van der Waals surface area contributed by atoms with Crippen LogP contribution in [-0.2, 0) is 29.0 Å². The van der Waals surface area contributed by atoms with Gasteiger partial charge in [-0.2, -0.15) is 0 Å². The Kier molecular flexibility index (Phi) is 3.53. The molecule has 10 heteroatoms. The van der Waals surface area contributed by atoms with Crippen molar-refractivity contribution in [2.45, 2.75) is 23.1 Å². The van der Waals surface area contributed by atoms with Gasteiger partial charge in [0.1, 0.15) is 4.75 Å². The van der Waals surface area contributed by atoms with E-state index in [1.807, 2.05) is 0 Å². The van der Waals surface area contributed by atoms with Crippen molar-refractivity contribution < 1.29 is 32.6 Å². The zero-order chi connectivity index (χ0) is 16.2. The molecule has 3 atom stereocenters. The fourth-order valence-electron chi connectivity index (χ4n) is 2.57. The first-order chi connectivity index (χ1) is 9.63. The van der Waals surface area contributed by atoms with E-state index in [1.54, 1.807) is 0 Å². The number of sulfone groups is 1. The van der Waals surface area contributed by atoms with E-state index in [-0.39, 0.29) is 5.57 Å². The van der Waals surface area contributed by atoms with Crippen molar-refractivity contribution in [3.63, 3.8) is 0 Å². The summed E-state index contributed by atoms with van der Waals surface area (Å²) in [5, 5.41) is 7.76. The number of fused-ring (bicyclic) bond motifs is 1. The van der Waals surface area contributed by atoms with Crippen molar-refractivity contribution in [3.8, 4) is 0 Å². The largest absolute Gasteiger partial charge is 0.480 e. The average Bonchev–Trinajstić information content (AvgIpc) is 2.59. The minimum absolute atomic E-state index is 0.304. The second kappa shape index (κ2) is 4.70. The van der Waals surface area contributed by atoms with Gasteiger partial charge in [-0.25, -0.2) is 18.0 Å². The molecule has 2 aliphatic heterocycles. The monoisotopic (exact) mass is 337 g/mol. The molecule has 0 aromatic rings. The van der Waals surface area contributed by atoms with E-state index < -0.39 is 49.7 Å². The molecule has 2 fully saturated rings. The fourth-order valence-corrected chi connectivity index (χ4v) is 5.38. The molecule has 8 nitrogen and oxygen atoms in total. The molecule has 1 amide bonds. The van der Waals surface area contributed by atoms with E-state index >= 15 is 0 Å². The minimum atomic E-state index is -4.09. The van der Waals surface area contributed by atoms with E-state index in [4.69, 9.17) is 11.6 Å². The summed E-state index contributed by atoms with van der Waals surface area (Å²) in [7, 11) is -3.02. The standard InChI is InChI=1S/C11H12ClNO7S/c1-11(4-12)7(10(16)17)13-8(15)5(3-6(14)20-2)9(13)21(11,18)19/h3,7,9H,4H2,1-2H3,(H,16,17)/b5-3-/t7-,9?,11-/m0/s1. The van der Waals surface area contributed by atoms with Gasteiger partial charge in [-0.3, -0.25) is 4.79 Å². The highest BCUT2D eigenvalue weighted by Gasteiger charge is 2.71. The smallest absolute Gasteiger partial charge is 0.331 e. The Labute approximate surface area is 125 Å². The van der Waals surface area contributed by atoms with Gasteiger partial charge < -0.3 is 14.7 Å². The van der Waals surface area contributed by atoms with Crippen LogP contribution in [0.3, 0.4) is 0 Å². The predicted molar refractivity (Wildman–Crippen MR) is 70.2 cm³/mol. The lowest BCUT2D eigenvalue weighted by Gasteiger charge is -2.37. The van der Waals surface area contributed by atoms with E-state index in [1.165, 1.54) is 6.92 Å². The first-order valence-electron chi connectivity index (χ1n) is 5.78. The third-order valence-corrected chi connectivity index (χ3v) is 7.22. The Morgan fingerprint density at radius 1 is 1.52 bits per heavy atom. The lowest BCUT2D eigenvalue weighted by Crippen LogP contribution is -2.59. The summed E-state index contributed by atoms with van der Waals surface area (Å²) in [4.78, 5) is 35.3. The SMILES string of the molecule is COC(=O)/C=C1/C(=O)N2C1S(=O)(=O)[C@@](C)(CCl)[C@@H]2C(=O)O. The van der Waals surface area contributed by atoms with Gasteiger partial charge in [-0.05, 0) is 6.92 Å². The minimum Gasteiger partial charge on any atom is -0.480 e. The van der Waals surface area contributed by atoms with Crippen LogP contribution in [0.15, 0.2) is 11.6 Å². The summed E-state index contributed by atoms with van der Waals surface area (Å²) in [5.41, 5.74) is -0.304. The number of carbonyl (C=O) groups excluding carboxylic acids is 2. The number of halogens is 1. The summed E-state index contributed by atoms with van der Waals surface area (Å²) >= 11 is 5.67. The zero-order valence-electron chi connectivity index (χ0n) is 11.1. The maximum Gasteiger partial charge on any atom is 0.331 e. The Bertz CT molecular complexity index is 670. The van der Waals surface area contributed by atoms with Gasteiger partial charge >= 0.3 is 11.9 Å². The second-order valence-corrected chi connectivity index (χ2v) is 7.66. The number of β-lactam (4-membered cyclic amide) rings is 1. The number of nitrogens with zero attached hydrogens (tertiary/aromatic N) is 1. The first-order valence-corrected chi connectivity index (χ1v) is 7.86. The topological polar surface area (TPSA) is 118 Å². The molecule has 116 valence electrons. The van der Waals surface area contributed by atoms with Crippen molar-refractivity contribution in [2.24, 2.45) is 0 Å².